The van der Waals surface area contributed by atoms with Gasteiger partial charge in [0.2, 0.25) is 0 Å². The van der Waals surface area contributed by atoms with Crippen LogP contribution in [0.2, 0.25) is 0 Å². The molecule has 3 heteroatoms. The number of benzene rings is 1. The molecule has 0 unspecified atom stereocenters. The van der Waals surface area contributed by atoms with Gasteiger partial charge in [-0.3, -0.25) is 0 Å². The maximum absolute atomic E-state index is 12.9. The lowest BCUT2D eigenvalue weighted by Crippen LogP contribution is -2.43. The lowest BCUT2D eigenvalue weighted by atomic mass is 10.0. The normalized spacial score (nSPS) is 19.9. The van der Waals surface area contributed by atoms with Crippen LogP contribution in [-0.2, 0) is 0 Å². The van der Waals surface area contributed by atoms with Crippen LogP contribution in [0.3, 0.4) is 0 Å². The third-order valence-electron chi connectivity index (χ3n) is 3.89. The Balaban J connectivity index is 1.84. The number of halogens is 1. The summed E-state index contributed by atoms with van der Waals surface area (Å²) in [7, 11) is 0. The highest BCUT2D eigenvalue weighted by Gasteiger charge is 2.19. The third-order valence-corrected chi connectivity index (χ3v) is 3.89. The van der Waals surface area contributed by atoms with Crippen molar-refractivity contribution in [3.05, 3.63) is 35.6 Å². The molecule has 0 radical (unpaired) electrons. The Kier molecular flexibility index (Phi) is 4.72. The Morgan fingerprint density at radius 1 is 1.28 bits per heavy atom. The summed E-state index contributed by atoms with van der Waals surface area (Å²) in [5, 5.41) is 3.65. The summed E-state index contributed by atoms with van der Waals surface area (Å²) in [6.45, 7) is 7.89. The van der Waals surface area contributed by atoms with Crippen LogP contribution in [0.15, 0.2) is 24.3 Å². The van der Waals surface area contributed by atoms with E-state index in [1.807, 2.05) is 12.1 Å². The first kappa shape index (κ1) is 13.5. The number of likely N-dealkylation sites (tertiary alicyclic amines) is 1. The van der Waals surface area contributed by atoms with E-state index in [0.717, 1.165) is 12.1 Å². The second kappa shape index (κ2) is 6.30. The minimum atomic E-state index is -0.165. The van der Waals surface area contributed by atoms with E-state index in [2.05, 4.69) is 24.1 Å². The Morgan fingerprint density at radius 2 is 1.89 bits per heavy atom. The molecule has 1 aliphatic rings. The van der Waals surface area contributed by atoms with Crippen LogP contribution in [0, 0.1) is 5.82 Å². The maximum Gasteiger partial charge on any atom is 0.123 e. The van der Waals surface area contributed by atoms with E-state index in [9.17, 15) is 4.39 Å². The Labute approximate surface area is 109 Å². The van der Waals surface area contributed by atoms with Crippen LogP contribution in [0.5, 0.6) is 0 Å². The molecule has 0 aromatic heterocycles. The highest BCUT2D eigenvalue weighted by molar-refractivity contribution is 5.19. The second-order valence-electron chi connectivity index (χ2n) is 5.15. The first-order valence-corrected chi connectivity index (χ1v) is 6.93. The van der Waals surface area contributed by atoms with Gasteiger partial charge in [0.1, 0.15) is 5.82 Å². The van der Waals surface area contributed by atoms with Gasteiger partial charge in [-0.05, 0) is 57.1 Å². The van der Waals surface area contributed by atoms with Crippen molar-refractivity contribution < 1.29 is 4.39 Å². The molecule has 1 aliphatic heterocycles. The topological polar surface area (TPSA) is 15.3 Å². The quantitative estimate of drug-likeness (QED) is 0.884. The standard InChI is InChI=1S/C15H23FN2/c1-3-18-10-8-15(9-11-18)17-12(2)13-4-6-14(16)7-5-13/h4-7,12,15,17H,3,8-11H2,1-2H3/t12-/m1/s1. The zero-order chi connectivity index (χ0) is 13.0. The lowest BCUT2D eigenvalue weighted by molar-refractivity contribution is 0.200. The lowest BCUT2D eigenvalue weighted by Gasteiger charge is -2.33. The number of rotatable bonds is 4. The number of nitrogens with zero attached hydrogens (tertiary/aromatic N) is 1. The monoisotopic (exact) mass is 250 g/mol. The van der Waals surface area contributed by atoms with Gasteiger partial charge >= 0.3 is 0 Å². The van der Waals surface area contributed by atoms with Crippen molar-refractivity contribution in [2.75, 3.05) is 19.6 Å². The zero-order valence-corrected chi connectivity index (χ0v) is 11.3. The molecule has 1 saturated heterocycles. The fraction of sp³-hybridized carbons (Fsp3) is 0.600. The summed E-state index contributed by atoms with van der Waals surface area (Å²) in [5.41, 5.74) is 1.16. The molecule has 1 atom stereocenters. The van der Waals surface area contributed by atoms with Crippen molar-refractivity contribution in [3.63, 3.8) is 0 Å². The van der Waals surface area contributed by atoms with Crippen molar-refractivity contribution in [1.29, 1.82) is 0 Å². The molecular formula is C15H23FN2. The molecule has 18 heavy (non-hydrogen) atoms. The van der Waals surface area contributed by atoms with E-state index >= 15 is 0 Å². The predicted octanol–water partition coefficient (Wildman–Crippen LogP) is 2.96. The van der Waals surface area contributed by atoms with E-state index in [0.29, 0.717) is 12.1 Å². The van der Waals surface area contributed by atoms with E-state index in [-0.39, 0.29) is 5.82 Å². The number of hydrogen-bond acceptors (Lipinski definition) is 2. The van der Waals surface area contributed by atoms with Gasteiger partial charge in [0.25, 0.3) is 0 Å². The van der Waals surface area contributed by atoms with Crippen LogP contribution < -0.4 is 5.32 Å². The average molecular weight is 250 g/mol. The van der Waals surface area contributed by atoms with Crippen molar-refractivity contribution in [2.45, 2.75) is 38.8 Å². The van der Waals surface area contributed by atoms with Crippen LogP contribution in [0.1, 0.15) is 38.3 Å². The molecule has 2 rings (SSSR count). The molecule has 1 heterocycles. The molecule has 1 aromatic carbocycles. The molecular weight excluding hydrogens is 227 g/mol. The van der Waals surface area contributed by atoms with Gasteiger partial charge in [-0.15, -0.1) is 0 Å². The smallest absolute Gasteiger partial charge is 0.123 e. The highest BCUT2D eigenvalue weighted by Crippen LogP contribution is 2.17. The second-order valence-corrected chi connectivity index (χ2v) is 5.15. The highest BCUT2D eigenvalue weighted by atomic mass is 19.1. The molecule has 0 aliphatic carbocycles. The van der Waals surface area contributed by atoms with E-state index in [1.165, 1.54) is 38.1 Å². The van der Waals surface area contributed by atoms with Gasteiger partial charge < -0.3 is 10.2 Å². The fourth-order valence-electron chi connectivity index (χ4n) is 2.62. The molecule has 0 saturated carbocycles. The number of hydrogen-bond donors (Lipinski definition) is 1. The van der Waals surface area contributed by atoms with E-state index in [1.54, 1.807) is 0 Å². The summed E-state index contributed by atoms with van der Waals surface area (Å²) >= 11 is 0. The summed E-state index contributed by atoms with van der Waals surface area (Å²) in [5.74, 6) is -0.165. The minimum absolute atomic E-state index is 0.165. The minimum Gasteiger partial charge on any atom is -0.307 e. The van der Waals surface area contributed by atoms with Crippen molar-refractivity contribution in [1.82, 2.24) is 10.2 Å². The van der Waals surface area contributed by atoms with Gasteiger partial charge in [-0.2, -0.15) is 0 Å². The zero-order valence-electron chi connectivity index (χ0n) is 11.3. The fourth-order valence-corrected chi connectivity index (χ4v) is 2.62. The first-order chi connectivity index (χ1) is 8.69. The summed E-state index contributed by atoms with van der Waals surface area (Å²) in [6, 6.07) is 7.69. The predicted molar refractivity (Wildman–Crippen MR) is 73.1 cm³/mol. The Hall–Kier alpha value is -0.930. The third kappa shape index (κ3) is 3.53. The van der Waals surface area contributed by atoms with Crippen LogP contribution >= 0.6 is 0 Å². The van der Waals surface area contributed by atoms with Crippen LogP contribution in [0.25, 0.3) is 0 Å². The average Bonchev–Trinajstić information content (AvgIpc) is 2.40. The van der Waals surface area contributed by atoms with Gasteiger partial charge in [0.15, 0.2) is 0 Å². The number of nitrogens with one attached hydrogen (secondary N) is 1. The maximum atomic E-state index is 12.9. The van der Waals surface area contributed by atoms with Crippen molar-refractivity contribution in [2.24, 2.45) is 0 Å². The van der Waals surface area contributed by atoms with Gasteiger partial charge in [-0.25, -0.2) is 4.39 Å². The SMILES string of the molecule is CCN1CCC(N[C@H](C)c2ccc(F)cc2)CC1. The molecule has 100 valence electrons. The molecule has 0 spiro atoms. The summed E-state index contributed by atoms with van der Waals surface area (Å²) in [6.07, 6.45) is 2.42. The Bertz CT molecular complexity index is 355. The molecule has 2 nitrogen and oxygen atoms in total. The molecule has 1 aromatic rings. The van der Waals surface area contributed by atoms with Gasteiger partial charge in [0.05, 0.1) is 0 Å². The molecule has 0 bridgehead atoms. The van der Waals surface area contributed by atoms with Gasteiger partial charge in [0, 0.05) is 12.1 Å². The van der Waals surface area contributed by atoms with Gasteiger partial charge in [-0.1, -0.05) is 19.1 Å². The van der Waals surface area contributed by atoms with E-state index in [4.69, 9.17) is 0 Å². The summed E-state index contributed by atoms with van der Waals surface area (Å²) < 4.78 is 12.9. The first-order valence-electron chi connectivity index (χ1n) is 6.93. The summed E-state index contributed by atoms with van der Waals surface area (Å²) in [4.78, 5) is 2.49. The Morgan fingerprint density at radius 3 is 2.44 bits per heavy atom. The van der Waals surface area contributed by atoms with E-state index < -0.39 is 0 Å². The molecule has 1 N–H and O–H groups in total. The molecule has 1 fully saturated rings. The van der Waals surface area contributed by atoms with Crippen LogP contribution in [-0.4, -0.2) is 30.6 Å². The van der Waals surface area contributed by atoms with Crippen LogP contribution in [0.4, 0.5) is 4.39 Å². The number of piperidine rings is 1. The van der Waals surface area contributed by atoms with Crippen molar-refractivity contribution >= 4 is 0 Å². The largest absolute Gasteiger partial charge is 0.307 e. The van der Waals surface area contributed by atoms with Crippen molar-refractivity contribution in [3.8, 4) is 0 Å². The molecule has 0 amide bonds.